The van der Waals surface area contributed by atoms with Crippen LogP contribution in [0.4, 0.5) is 4.79 Å². The summed E-state index contributed by atoms with van der Waals surface area (Å²) in [5.74, 6) is 0.717. The minimum absolute atomic E-state index is 0. The van der Waals surface area contributed by atoms with Crippen molar-refractivity contribution in [1.29, 1.82) is 0 Å². The Morgan fingerprint density at radius 1 is 1.29 bits per heavy atom. The number of halogens is 1. The van der Waals surface area contributed by atoms with Crippen molar-refractivity contribution in [1.82, 2.24) is 0 Å². The number of ether oxygens (including phenoxy) is 3. The van der Waals surface area contributed by atoms with Crippen molar-refractivity contribution in [2.75, 3.05) is 21.3 Å². The molecule has 2 rings (SSSR count). The third-order valence-corrected chi connectivity index (χ3v) is 3.26. The molecule has 1 heterocycles. The third kappa shape index (κ3) is 3.81. The van der Waals surface area contributed by atoms with E-state index in [4.69, 9.17) is 14.2 Å². The molecule has 1 aromatic carbocycles. The van der Waals surface area contributed by atoms with Gasteiger partial charge in [-0.2, -0.15) is 9.28 Å². The quantitative estimate of drug-likeness (QED) is 0.292. The van der Waals surface area contributed by atoms with E-state index in [-0.39, 0.29) is 18.0 Å². The number of methoxy groups -OCH3 is 2. The fourth-order valence-corrected chi connectivity index (χ4v) is 1.95. The maximum atomic E-state index is 12.2. The fourth-order valence-electron chi connectivity index (χ4n) is 1.95. The number of amides is 1. The van der Waals surface area contributed by atoms with Gasteiger partial charge in [-0.25, -0.2) is 4.99 Å². The van der Waals surface area contributed by atoms with Crippen molar-refractivity contribution in [2.24, 2.45) is 4.99 Å². The second-order valence-electron chi connectivity index (χ2n) is 4.85. The molecule has 24 heavy (non-hydrogen) atoms. The number of nitro groups is 1. The summed E-state index contributed by atoms with van der Waals surface area (Å²) in [6, 6.07) is 4.34. The topological polar surface area (TPSA) is 100 Å². The van der Waals surface area contributed by atoms with Crippen molar-refractivity contribution < 1.29 is 40.8 Å². The minimum atomic E-state index is -1.67. The van der Waals surface area contributed by atoms with Crippen LogP contribution in [0.2, 0.25) is 0 Å². The highest BCUT2D eigenvalue weighted by Gasteiger charge is 2.39. The Morgan fingerprint density at radius 2 is 1.96 bits per heavy atom. The summed E-state index contributed by atoms with van der Waals surface area (Å²) in [7, 11) is 4.36. The average Bonchev–Trinajstić information content (AvgIpc) is 2.99. The van der Waals surface area contributed by atoms with Crippen LogP contribution in [-0.2, 0) is 4.74 Å². The highest BCUT2D eigenvalue weighted by atomic mass is 35.5. The standard InChI is InChI=1S/C14H16N3O6.ClH/c1-17(7-6-15-9-17)14(18)23-13(16(19)20)10-4-5-11(21-2)12(8-10)22-3;/h4-9,13H,1-3H3;1H/q+1;/p-1. The summed E-state index contributed by atoms with van der Waals surface area (Å²) in [5, 5.41) is 11.3. The molecule has 1 aromatic rings. The molecule has 0 radical (unpaired) electrons. The van der Waals surface area contributed by atoms with Crippen LogP contribution in [0.15, 0.2) is 35.6 Å². The number of nitrogens with zero attached hydrogens (tertiary/aromatic N) is 3. The third-order valence-electron chi connectivity index (χ3n) is 3.26. The smallest absolute Gasteiger partial charge is 0.532 e. The monoisotopic (exact) mass is 357 g/mol. The van der Waals surface area contributed by atoms with E-state index in [0.717, 1.165) is 0 Å². The molecular formula is C14H16ClN3O6. The molecule has 0 saturated heterocycles. The van der Waals surface area contributed by atoms with Crippen LogP contribution < -0.4 is 21.9 Å². The molecule has 2 unspecified atom stereocenters. The van der Waals surface area contributed by atoms with E-state index in [1.54, 1.807) is 0 Å². The van der Waals surface area contributed by atoms with Gasteiger partial charge in [0, 0.05) is 0 Å². The number of rotatable bonds is 5. The van der Waals surface area contributed by atoms with Crippen LogP contribution in [-0.4, -0.2) is 43.1 Å². The first kappa shape index (κ1) is 19.4. The Labute approximate surface area is 144 Å². The molecule has 0 saturated carbocycles. The zero-order valence-electron chi connectivity index (χ0n) is 13.2. The van der Waals surface area contributed by atoms with Gasteiger partial charge in [0.15, 0.2) is 11.5 Å². The zero-order valence-corrected chi connectivity index (χ0v) is 14.0. The lowest BCUT2D eigenvalue weighted by Gasteiger charge is -2.19. The van der Waals surface area contributed by atoms with Crippen molar-refractivity contribution in [3.63, 3.8) is 0 Å². The second-order valence-corrected chi connectivity index (χ2v) is 4.85. The van der Waals surface area contributed by atoms with Gasteiger partial charge in [-0.15, -0.1) is 0 Å². The fraction of sp³-hybridized carbons (Fsp3) is 0.286. The molecule has 0 spiro atoms. The number of benzene rings is 1. The van der Waals surface area contributed by atoms with Gasteiger partial charge in [-0.05, 0) is 18.2 Å². The number of carbonyl (C=O) groups is 1. The van der Waals surface area contributed by atoms with Crippen LogP contribution >= 0.6 is 0 Å². The maximum Gasteiger partial charge on any atom is 0.532 e. The first-order valence-electron chi connectivity index (χ1n) is 6.56. The van der Waals surface area contributed by atoms with Crippen LogP contribution in [0.1, 0.15) is 11.8 Å². The Kier molecular flexibility index (Phi) is 6.27. The van der Waals surface area contributed by atoms with E-state index >= 15 is 0 Å². The lowest BCUT2D eigenvalue weighted by atomic mass is 10.2. The normalized spacial score (nSPS) is 19.3. The van der Waals surface area contributed by atoms with Gasteiger partial charge >= 0.3 is 12.3 Å². The number of hydrogen-bond acceptors (Lipinski definition) is 7. The number of carbonyl (C=O) groups excluding carboxylic acids is 1. The van der Waals surface area contributed by atoms with Crippen LogP contribution in [0.5, 0.6) is 11.5 Å². The second kappa shape index (κ2) is 7.75. The van der Waals surface area contributed by atoms with Crippen LogP contribution in [0, 0.1) is 10.1 Å². The maximum absolute atomic E-state index is 12.2. The average molecular weight is 358 g/mol. The lowest BCUT2D eigenvalue weighted by Crippen LogP contribution is -3.00. The highest BCUT2D eigenvalue weighted by molar-refractivity contribution is 5.73. The molecule has 0 aromatic heterocycles. The Bertz CT molecular complexity index is 679. The molecule has 10 heteroatoms. The summed E-state index contributed by atoms with van der Waals surface area (Å²) < 4.78 is 14.8. The molecule has 2 atom stereocenters. The van der Waals surface area contributed by atoms with Crippen LogP contribution in [0.3, 0.4) is 0 Å². The predicted molar refractivity (Wildman–Crippen MR) is 79.6 cm³/mol. The van der Waals surface area contributed by atoms with E-state index in [1.807, 2.05) is 0 Å². The Balaban J connectivity index is 0.00000288. The largest absolute Gasteiger partial charge is 1.00 e. The molecule has 1 aliphatic rings. The van der Waals surface area contributed by atoms with E-state index in [2.05, 4.69) is 4.99 Å². The van der Waals surface area contributed by atoms with Crippen molar-refractivity contribution in [3.05, 3.63) is 46.3 Å². The summed E-state index contributed by atoms with van der Waals surface area (Å²) >= 11 is 0. The number of quaternary nitrogens is 1. The lowest BCUT2D eigenvalue weighted by molar-refractivity contribution is -0.689. The predicted octanol–water partition coefficient (Wildman–Crippen LogP) is -0.921. The highest BCUT2D eigenvalue weighted by Crippen LogP contribution is 2.32. The van der Waals surface area contributed by atoms with Gasteiger partial charge in [0.2, 0.25) is 6.34 Å². The van der Waals surface area contributed by atoms with Gasteiger partial charge in [-0.3, -0.25) is 10.1 Å². The molecule has 0 fully saturated rings. The molecule has 0 bridgehead atoms. The van der Waals surface area contributed by atoms with Gasteiger partial charge in [0.1, 0.15) is 6.20 Å². The first-order valence-corrected chi connectivity index (χ1v) is 6.56. The van der Waals surface area contributed by atoms with Gasteiger partial charge < -0.3 is 26.6 Å². The first-order chi connectivity index (χ1) is 10.9. The van der Waals surface area contributed by atoms with E-state index in [9.17, 15) is 14.9 Å². The summed E-state index contributed by atoms with van der Waals surface area (Å²) in [6.45, 7) is 0. The van der Waals surface area contributed by atoms with Gasteiger partial charge in [0.05, 0.1) is 38.0 Å². The summed E-state index contributed by atoms with van der Waals surface area (Å²) in [6.07, 6.45) is 1.69. The van der Waals surface area contributed by atoms with E-state index in [1.165, 1.54) is 58.2 Å². The summed E-state index contributed by atoms with van der Waals surface area (Å²) in [4.78, 5) is 26.6. The van der Waals surface area contributed by atoms with Gasteiger partial charge in [-0.1, -0.05) is 0 Å². The van der Waals surface area contributed by atoms with E-state index in [0.29, 0.717) is 11.5 Å². The number of hydrogen-bond donors (Lipinski definition) is 0. The van der Waals surface area contributed by atoms with Gasteiger partial charge in [0.25, 0.3) is 0 Å². The Hall–Kier alpha value is -2.65. The molecule has 9 nitrogen and oxygen atoms in total. The minimum Gasteiger partial charge on any atom is -1.00 e. The SMILES string of the molecule is COc1ccc(C(OC(=O)[N+]2(C)C=CN=C2)[N+](=O)[O-])cc1OC.[Cl-]. The molecule has 130 valence electrons. The van der Waals surface area contributed by atoms with E-state index < -0.39 is 21.7 Å². The number of aliphatic imine (C=N–C) groups is 1. The van der Waals surface area contributed by atoms with Crippen molar-refractivity contribution >= 4 is 12.4 Å². The molecular weight excluding hydrogens is 342 g/mol. The van der Waals surface area contributed by atoms with Crippen LogP contribution in [0.25, 0.3) is 0 Å². The molecule has 1 amide bonds. The molecule has 0 aliphatic carbocycles. The Morgan fingerprint density at radius 3 is 2.46 bits per heavy atom. The molecule has 1 aliphatic heterocycles. The van der Waals surface area contributed by atoms with Crippen molar-refractivity contribution in [2.45, 2.75) is 6.23 Å². The van der Waals surface area contributed by atoms with Crippen molar-refractivity contribution in [3.8, 4) is 11.5 Å². The summed E-state index contributed by atoms with van der Waals surface area (Å²) in [5.41, 5.74) is 0.160. The molecule has 0 N–H and O–H groups in total. The zero-order chi connectivity index (χ0) is 17.0.